The quantitative estimate of drug-likeness (QED) is 0.367. The van der Waals surface area contributed by atoms with E-state index in [4.69, 9.17) is 0 Å². The highest BCUT2D eigenvalue weighted by atomic mass is 16.6. The second kappa shape index (κ2) is 2.53. The van der Waals surface area contributed by atoms with E-state index in [-0.39, 0.29) is 11.3 Å². The summed E-state index contributed by atoms with van der Waals surface area (Å²) in [6, 6.07) is 1.10. The zero-order valence-corrected chi connectivity index (χ0v) is 5.73. The lowest BCUT2D eigenvalue weighted by atomic mass is 10.2. The summed E-state index contributed by atoms with van der Waals surface area (Å²) in [6.45, 7) is 1.31. The van der Waals surface area contributed by atoms with Crippen molar-refractivity contribution in [1.82, 2.24) is 0 Å². The molecular weight excluding hydrogens is 150 g/mol. The van der Waals surface area contributed by atoms with Gasteiger partial charge in [-0.15, -0.1) is 0 Å². The van der Waals surface area contributed by atoms with Crippen LogP contribution in [0.3, 0.4) is 0 Å². The number of rotatable bonds is 2. The normalized spacial score (nSPS) is 9.55. The van der Waals surface area contributed by atoms with Gasteiger partial charge in [0.2, 0.25) is 0 Å². The molecule has 1 rings (SSSR count). The number of furan rings is 1. The maximum Gasteiger partial charge on any atom is 0.433 e. The molecule has 0 aromatic carbocycles. The third kappa shape index (κ3) is 1.43. The van der Waals surface area contributed by atoms with Gasteiger partial charge in [0.25, 0.3) is 0 Å². The molecule has 11 heavy (non-hydrogen) atoms. The van der Waals surface area contributed by atoms with Crippen molar-refractivity contribution in [3.63, 3.8) is 0 Å². The Morgan fingerprint density at radius 2 is 2.36 bits per heavy atom. The monoisotopic (exact) mass is 155 g/mol. The van der Waals surface area contributed by atoms with Crippen molar-refractivity contribution in [2.75, 3.05) is 0 Å². The molecule has 1 heterocycles. The fraction of sp³-hybridized carbons (Fsp3) is 0.167. The Labute approximate surface area is 61.8 Å². The van der Waals surface area contributed by atoms with Crippen molar-refractivity contribution >= 4 is 11.7 Å². The number of ketones is 1. The molecule has 0 aliphatic carbocycles. The van der Waals surface area contributed by atoms with E-state index in [0.29, 0.717) is 0 Å². The molecule has 0 atom stereocenters. The van der Waals surface area contributed by atoms with Gasteiger partial charge in [-0.25, -0.2) is 0 Å². The number of hydrogen-bond acceptors (Lipinski definition) is 4. The van der Waals surface area contributed by atoms with E-state index < -0.39 is 10.8 Å². The van der Waals surface area contributed by atoms with E-state index >= 15 is 0 Å². The van der Waals surface area contributed by atoms with Crippen LogP contribution >= 0.6 is 0 Å². The van der Waals surface area contributed by atoms with Crippen molar-refractivity contribution in [2.45, 2.75) is 6.92 Å². The Balaban J connectivity index is 2.99. The first kappa shape index (κ1) is 7.46. The first-order valence-electron chi connectivity index (χ1n) is 2.85. The van der Waals surface area contributed by atoms with Crippen LogP contribution in [0.25, 0.3) is 0 Å². The molecule has 0 amide bonds. The SMILES string of the molecule is CC(=O)c1coc([N+](=O)[O-])c1. The van der Waals surface area contributed by atoms with Crippen LogP contribution in [0.5, 0.6) is 0 Å². The number of nitrogens with zero attached hydrogens (tertiary/aromatic N) is 1. The molecule has 0 aliphatic rings. The van der Waals surface area contributed by atoms with Gasteiger partial charge in [0, 0.05) is 0 Å². The van der Waals surface area contributed by atoms with Crippen molar-refractivity contribution in [3.05, 3.63) is 28.0 Å². The third-order valence-electron chi connectivity index (χ3n) is 1.17. The Morgan fingerprint density at radius 3 is 2.64 bits per heavy atom. The highest BCUT2D eigenvalue weighted by molar-refractivity contribution is 5.94. The van der Waals surface area contributed by atoms with Gasteiger partial charge in [0.05, 0.1) is 11.6 Å². The summed E-state index contributed by atoms with van der Waals surface area (Å²) in [7, 11) is 0. The van der Waals surface area contributed by atoms with E-state index in [1.54, 1.807) is 0 Å². The zero-order valence-electron chi connectivity index (χ0n) is 5.73. The van der Waals surface area contributed by atoms with Gasteiger partial charge in [0.1, 0.15) is 11.2 Å². The van der Waals surface area contributed by atoms with Crippen LogP contribution < -0.4 is 0 Å². The second-order valence-corrected chi connectivity index (χ2v) is 1.99. The molecule has 0 radical (unpaired) electrons. The maximum absolute atomic E-state index is 10.6. The number of carbonyl (C=O) groups excluding carboxylic acids is 1. The number of carbonyl (C=O) groups is 1. The van der Waals surface area contributed by atoms with Crippen LogP contribution in [-0.2, 0) is 0 Å². The summed E-state index contributed by atoms with van der Waals surface area (Å²) < 4.78 is 4.47. The smallest absolute Gasteiger partial charge is 0.408 e. The van der Waals surface area contributed by atoms with Gasteiger partial charge in [-0.3, -0.25) is 14.9 Å². The van der Waals surface area contributed by atoms with Gasteiger partial charge in [-0.1, -0.05) is 0 Å². The molecule has 0 fully saturated rings. The highest BCUT2D eigenvalue weighted by Crippen LogP contribution is 2.15. The maximum atomic E-state index is 10.6. The van der Waals surface area contributed by atoms with Crippen molar-refractivity contribution < 1.29 is 14.1 Å². The van der Waals surface area contributed by atoms with E-state index in [1.807, 2.05) is 0 Å². The molecule has 1 aromatic rings. The molecule has 1 aromatic heterocycles. The Kier molecular flexibility index (Phi) is 1.72. The molecule has 0 spiro atoms. The van der Waals surface area contributed by atoms with Gasteiger partial charge >= 0.3 is 5.88 Å². The predicted molar refractivity (Wildman–Crippen MR) is 35.4 cm³/mol. The number of Topliss-reactive ketones (excluding diaryl/α,β-unsaturated/α-hetero) is 1. The Hall–Kier alpha value is -1.65. The lowest BCUT2D eigenvalue weighted by molar-refractivity contribution is -0.402. The first-order chi connectivity index (χ1) is 5.11. The summed E-state index contributed by atoms with van der Waals surface area (Å²) in [5, 5.41) is 10.0. The van der Waals surface area contributed by atoms with E-state index in [9.17, 15) is 14.9 Å². The standard InChI is InChI=1S/C6H5NO4/c1-4(8)5-2-6(7(9)10)11-3-5/h2-3H,1H3. The molecule has 5 nitrogen and oxygen atoms in total. The van der Waals surface area contributed by atoms with Gasteiger partial charge in [-0.05, 0) is 6.92 Å². The van der Waals surface area contributed by atoms with E-state index in [0.717, 1.165) is 12.3 Å². The lowest BCUT2D eigenvalue weighted by Crippen LogP contribution is -1.87. The van der Waals surface area contributed by atoms with Gasteiger partial charge in [0.15, 0.2) is 5.78 Å². The molecular formula is C6H5NO4. The molecule has 0 aliphatic heterocycles. The minimum absolute atomic E-state index is 0.219. The minimum Gasteiger partial charge on any atom is -0.408 e. The van der Waals surface area contributed by atoms with Gasteiger partial charge in [-0.2, -0.15) is 0 Å². The van der Waals surface area contributed by atoms with Crippen LogP contribution in [0.2, 0.25) is 0 Å². The van der Waals surface area contributed by atoms with E-state index in [2.05, 4.69) is 4.42 Å². The number of nitro groups is 1. The van der Waals surface area contributed by atoms with Crippen LogP contribution in [0.15, 0.2) is 16.7 Å². The van der Waals surface area contributed by atoms with Crippen LogP contribution in [-0.4, -0.2) is 10.7 Å². The second-order valence-electron chi connectivity index (χ2n) is 1.99. The lowest BCUT2D eigenvalue weighted by Gasteiger charge is -1.78. The van der Waals surface area contributed by atoms with Crippen molar-refractivity contribution in [2.24, 2.45) is 0 Å². The summed E-state index contributed by atoms with van der Waals surface area (Å²) in [6.07, 6.45) is 1.07. The molecule has 0 saturated carbocycles. The van der Waals surface area contributed by atoms with Crippen molar-refractivity contribution in [1.29, 1.82) is 0 Å². The molecule has 0 unspecified atom stereocenters. The summed E-state index contributed by atoms with van der Waals surface area (Å²) >= 11 is 0. The predicted octanol–water partition coefficient (Wildman–Crippen LogP) is 1.39. The highest BCUT2D eigenvalue weighted by Gasteiger charge is 2.13. The summed E-state index contributed by atoms with van der Waals surface area (Å²) in [4.78, 5) is 19.9. The zero-order chi connectivity index (χ0) is 8.43. The average molecular weight is 155 g/mol. The molecule has 5 heteroatoms. The van der Waals surface area contributed by atoms with Crippen molar-refractivity contribution in [3.8, 4) is 0 Å². The number of hydrogen-bond donors (Lipinski definition) is 0. The van der Waals surface area contributed by atoms with Crippen LogP contribution in [0.4, 0.5) is 5.88 Å². The topological polar surface area (TPSA) is 73.3 Å². The first-order valence-corrected chi connectivity index (χ1v) is 2.85. The minimum atomic E-state index is -0.688. The van der Waals surface area contributed by atoms with Gasteiger partial charge < -0.3 is 4.42 Å². The fourth-order valence-electron chi connectivity index (χ4n) is 0.605. The molecule has 0 bridgehead atoms. The molecule has 0 N–H and O–H groups in total. The fourth-order valence-corrected chi connectivity index (χ4v) is 0.605. The summed E-state index contributed by atoms with van der Waals surface area (Å²) in [5.74, 6) is -0.656. The molecule has 58 valence electrons. The van der Waals surface area contributed by atoms with Crippen LogP contribution in [0, 0.1) is 10.1 Å². The third-order valence-corrected chi connectivity index (χ3v) is 1.17. The summed E-state index contributed by atoms with van der Waals surface area (Å²) in [5.41, 5.74) is 0.219. The van der Waals surface area contributed by atoms with Crippen LogP contribution in [0.1, 0.15) is 17.3 Å². The van der Waals surface area contributed by atoms with E-state index in [1.165, 1.54) is 6.92 Å². The Morgan fingerprint density at radius 1 is 1.73 bits per heavy atom. The molecule has 0 saturated heterocycles. The largest absolute Gasteiger partial charge is 0.433 e. The average Bonchev–Trinajstić information content (AvgIpc) is 2.33. The Bertz CT molecular complexity index is 273.